The molecule has 2 aromatic carbocycles. The largest absolute Gasteiger partial charge is 0.299 e. The van der Waals surface area contributed by atoms with Gasteiger partial charge in [-0.05, 0) is 31.2 Å². The zero-order valence-electron chi connectivity index (χ0n) is 12.7. The summed E-state index contributed by atoms with van der Waals surface area (Å²) < 4.78 is 1.28. The highest BCUT2D eigenvalue weighted by atomic mass is 16.6. The second-order valence-corrected chi connectivity index (χ2v) is 5.04. The summed E-state index contributed by atoms with van der Waals surface area (Å²) in [5.74, 6) is 0. The van der Waals surface area contributed by atoms with E-state index in [0.29, 0.717) is 17.1 Å². The highest BCUT2D eigenvalue weighted by Crippen LogP contribution is 2.19. The van der Waals surface area contributed by atoms with Crippen molar-refractivity contribution in [1.29, 1.82) is 0 Å². The molecule has 0 spiro atoms. The van der Waals surface area contributed by atoms with Gasteiger partial charge in [-0.2, -0.15) is 5.11 Å². The highest BCUT2D eigenvalue weighted by Gasteiger charge is 2.13. The van der Waals surface area contributed by atoms with E-state index in [0.717, 1.165) is 0 Å². The molecule has 0 aliphatic heterocycles. The summed E-state index contributed by atoms with van der Waals surface area (Å²) in [5, 5.41) is 21.7. The van der Waals surface area contributed by atoms with Gasteiger partial charge in [0.15, 0.2) is 5.69 Å². The Hall–Kier alpha value is -3.55. The van der Waals surface area contributed by atoms with Gasteiger partial charge in [0.1, 0.15) is 0 Å². The Morgan fingerprint density at radius 1 is 1.04 bits per heavy atom. The van der Waals surface area contributed by atoms with Crippen molar-refractivity contribution in [1.82, 2.24) is 9.78 Å². The smallest absolute Gasteiger partial charge is 0.293 e. The Morgan fingerprint density at radius 3 is 2.33 bits per heavy atom. The molecule has 0 saturated heterocycles. The molecule has 0 aliphatic rings. The molecule has 0 bridgehead atoms. The van der Waals surface area contributed by atoms with Crippen molar-refractivity contribution in [3.05, 3.63) is 80.8 Å². The number of nitrogens with one attached hydrogen (secondary N) is 1. The molecular formula is C16H13N5O3. The van der Waals surface area contributed by atoms with Gasteiger partial charge in [0.2, 0.25) is 0 Å². The average Bonchev–Trinajstić information content (AvgIpc) is 2.88. The van der Waals surface area contributed by atoms with Crippen LogP contribution in [0.25, 0.3) is 5.69 Å². The molecule has 1 heterocycles. The predicted octanol–water partition coefficient (Wildman–Crippen LogP) is 3.80. The van der Waals surface area contributed by atoms with Crippen molar-refractivity contribution in [2.75, 3.05) is 0 Å². The van der Waals surface area contributed by atoms with Crippen molar-refractivity contribution in [2.24, 2.45) is 10.2 Å². The second-order valence-electron chi connectivity index (χ2n) is 5.04. The van der Waals surface area contributed by atoms with Gasteiger partial charge in [0, 0.05) is 12.1 Å². The standard InChI is InChI=1S/C16H13N5O3/c1-11-15(18-17-12-5-3-2-4-6-12)16(22)20(19-11)13-7-9-14(10-8-13)21(23)24/h2-10,19H,1H3. The van der Waals surface area contributed by atoms with E-state index in [-0.39, 0.29) is 16.9 Å². The van der Waals surface area contributed by atoms with Gasteiger partial charge in [-0.15, -0.1) is 5.11 Å². The minimum Gasteiger partial charge on any atom is -0.293 e. The fourth-order valence-electron chi connectivity index (χ4n) is 2.16. The number of aromatic nitrogens is 2. The number of hydrogen-bond acceptors (Lipinski definition) is 5. The number of nitrogens with zero attached hydrogens (tertiary/aromatic N) is 4. The lowest BCUT2D eigenvalue weighted by Gasteiger charge is -2.00. The molecule has 0 atom stereocenters. The number of nitro groups is 1. The molecule has 0 radical (unpaired) electrons. The first-order valence-electron chi connectivity index (χ1n) is 7.09. The summed E-state index contributed by atoms with van der Waals surface area (Å²) in [4.78, 5) is 22.7. The lowest BCUT2D eigenvalue weighted by atomic mass is 10.3. The Balaban J connectivity index is 1.96. The van der Waals surface area contributed by atoms with Crippen LogP contribution in [0.1, 0.15) is 5.69 Å². The van der Waals surface area contributed by atoms with E-state index >= 15 is 0 Å². The molecule has 3 aromatic rings. The topological polar surface area (TPSA) is 106 Å². The van der Waals surface area contributed by atoms with Crippen molar-refractivity contribution in [3.63, 3.8) is 0 Å². The number of H-pyrrole nitrogens is 1. The molecule has 0 unspecified atom stereocenters. The Kier molecular flexibility index (Phi) is 4.02. The van der Waals surface area contributed by atoms with Crippen LogP contribution in [-0.2, 0) is 0 Å². The summed E-state index contributed by atoms with van der Waals surface area (Å²) in [5.41, 5.74) is 1.45. The summed E-state index contributed by atoms with van der Waals surface area (Å²) in [7, 11) is 0. The van der Waals surface area contributed by atoms with Gasteiger partial charge in [0.05, 0.1) is 22.0 Å². The molecule has 3 rings (SSSR count). The van der Waals surface area contributed by atoms with Gasteiger partial charge in [-0.3, -0.25) is 20.0 Å². The molecule has 120 valence electrons. The number of benzene rings is 2. The molecule has 0 amide bonds. The number of nitro benzene ring substituents is 1. The Labute approximate surface area is 136 Å². The van der Waals surface area contributed by atoms with E-state index in [2.05, 4.69) is 15.3 Å². The number of aryl methyl sites for hydroxylation is 1. The van der Waals surface area contributed by atoms with Crippen LogP contribution in [0, 0.1) is 17.0 Å². The van der Waals surface area contributed by atoms with Crippen molar-refractivity contribution < 1.29 is 4.92 Å². The predicted molar refractivity (Wildman–Crippen MR) is 88.4 cm³/mol. The Morgan fingerprint density at radius 2 is 1.71 bits per heavy atom. The number of non-ortho nitro benzene ring substituents is 1. The van der Waals surface area contributed by atoms with Crippen LogP contribution in [0.15, 0.2) is 69.6 Å². The van der Waals surface area contributed by atoms with E-state index < -0.39 is 4.92 Å². The summed E-state index contributed by atoms with van der Waals surface area (Å²) in [6.45, 7) is 1.71. The Bertz CT molecular complexity index is 956. The molecule has 8 heteroatoms. The average molecular weight is 323 g/mol. The maximum absolute atomic E-state index is 12.5. The number of rotatable bonds is 4. The highest BCUT2D eigenvalue weighted by molar-refractivity contribution is 5.46. The first-order chi connectivity index (χ1) is 11.6. The van der Waals surface area contributed by atoms with Gasteiger partial charge in [0.25, 0.3) is 11.2 Å². The summed E-state index contributed by atoms with van der Waals surface area (Å²) >= 11 is 0. The van der Waals surface area contributed by atoms with E-state index in [1.54, 1.807) is 19.1 Å². The van der Waals surface area contributed by atoms with E-state index in [1.807, 2.05) is 18.2 Å². The molecule has 0 fully saturated rings. The van der Waals surface area contributed by atoms with E-state index in [4.69, 9.17) is 0 Å². The number of aromatic amines is 1. The molecule has 1 N–H and O–H groups in total. The van der Waals surface area contributed by atoms with E-state index in [1.165, 1.54) is 28.9 Å². The first-order valence-corrected chi connectivity index (χ1v) is 7.09. The third-order valence-electron chi connectivity index (χ3n) is 3.38. The van der Waals surface area contributed by atoms with Crippen LogP contribution in [0.2, 0.25) is 0 Å². The first kappa shape index (κ1) is 15.3. The zero-order valence-corrected chi connectivity index (χ0v) is 12.7. The van der Waals surface area contributed by atoms with E-state index in [9.17, 15) is 14.9 Å². The molecule has 8 nitrogen and oxygen atoms in total. The molecule has 0 aliphatic carbocycles. The maximum Gasteiger partial charge on any atom is 0.299 e. The number of azo groups is 1. The monoisotopic (exact) mass is 323 g/mol. The molecule has 0 saturated carbocycles. The minimum atomic E-state index is -0.494. The van der Waals surface area contributed by atoms with Crippen LogP contribution in [-0.4, -0.2) is 14.7 Å². The fourth-order valence-corrected chi connectivity index (χ4v) is 2.16. The van der Waals surface area contributed by atoms with Crippen LogP contribution in [0.5, 0.6) is 0 Å². The van der Waals surface area contributed by atoms with Crippen molar-refractivity contribution >= 4 is 17.1 Å². The summed E-state index contributed by atoms with van der Waals surface area (Å²) in [6.07, 6.45) is 0. The normalized spacial score (nSPS) is 11.0. The maximum atomic E-state index is 12.5. The van der Waals surface area contributed by atoms with Crippen LogP contribution in [0.4, 0.5) is 17.1 Å². The van der Waals surface area contributed by atoms with Crippen molar-refractivity contribution in [2.45, 2.75) is 6.92 Å². The van der Waals surface area contributed by atoms with Crippen LogP contribution >= 0.6 is 0 Å². The molecule has 24 heavy (non-hydrogen) atoms. The van der Waals surface area contributed by atoms with Gasteiger partial charge in [-0.25, -0.2) is 4.68 Å². The molecule has 1 aromatic heterocycles. The van der Waals surface area contributed by atoms with Gasteiger partial charge >= 0.3 is 0 Å². The minimum absolute atomic E-state index is 0.0425. The van der Waals surface area contributed by atoms with Crippen LogP contribution < -0.4 is 5.56 Å². The van der Waals surface area contributed by atoms with Crippen LogP contribution in [0.3, 0.4) is 0 Å². The molecular weight excluding hydrogens is 310 g/mol. The number of hydrogen-bond donors (Lipinski definition) is 1. The third kappa shape index (κ3) is 2.98. The zero-order chi connectivity index (χ0) is 17.1. The fraction of sp³-hybridized carbons (Fsp3) is 0.0625. The third-order valence-corrected chi connectivity index (χ3v) is 3.38. The lowest BCUT2D eigenvalue weighted by Crippen LogP contribution is -2.13. The lowest BCUT2D eigenvalue weighted by molar-refractivity contribution is -0.384. The quantitative estimate of drug-likeness (QED) is 0.448. The second kappa shape index (κ2) is 6.29. The van der Waals surface area contributed by atoms with Gasteiger partial charge in [-0.1, -0.05) is 18.2 Å². The van der Waals surface area contributed by atoms with Crippen molar-refractivity contribution in [3.8, 4) is 5.69 Å². The van der Waals surface area contributed by atoms with Gasteiger partial charge < -0.3 is 0 Å². The SMILES string of the molecule is Cc1[nH]n(-c2ccc([N+](=O)[O-])cc2)c(=O)c1N=Nc1ccccc1. The summed E-state index contributed by atoms with van der Waals surface area (Å²) in [6, 6.07) is 14.7.